The summed E-state index contributed by atoms with van der Waals surface area (Å²) in [4.78, 5) is 24.0. The van der Waals surface area contributed by atoms with Gasteiger partial charge in [0.1, 0.15) is 11.5 Å². The van der Waals surface area contributed by atoms with Crippen LogP contribution in [0.2, 0.25) is 10.0 Å². The van der Waals surface area contributed by atoms with E-state index in [1.807, 2.05) is 24.3 Å². The third-order valence-corrected chi connectivity index (χ3v) is 6.90. The summed E-state index contributed by atoms with van der Waals surface area (Å²) in [6, 6.07) is 10.9. The highest BCUT2D eigenvalue weighted by Gasteiger charge is 2.36. The smallest absolute Gasteiger partial charge is 0.417 e. The average Bonchev–Trinajstić information content (AvgIpc) is 2.75. The SMILES string of the molecule is CC(=O)CC(CCCc1ccc(Cl)cc1)C1CC(NC(=O)COc2ccc(Cl)c(C(F)(F)F)c2)C1. The Morgan fingerprint density at radius 1 is 1.11 bits per heavy atom. The number of hydrogen-bond acceptors (Lipinski definition) is 3. The number of rotatable bonds is 11. The zero-order valence-corrected chi connectivity index (χ0v) is 20.8. The summed E-state index contributed by atoms with van der Waals surface area (Å²) < 4.78 is 44.1. The lowest BCUT2D eigenvalue weighted by atomic mass is 9.69. The molecule has 0 heterocycles. The molecule has 0 aromatic heterocycles. The number of Topliss-reactive ketones (excluding diaryl/α,β-unsaturated/α-hetero) is 1. The van der Waals surface area contributed by atoms with E-state index in [-0.39, 0.29) is 23.5 Å². The van der Waals surface area contributed by atoms with Gasteiger partial charge in [0, 0.05) is 17.5 Å². The monoisotopic (exact) mass is 529 g/mol. The van der Waals surface area contributed by atoms with E-state index in [1.165, 1.54) is 11.6 Å². The number of carbonyl (C=O) groups is 2. The fraction of sp³-hybridized carbons (Fsp3) is 0.462. The predicted octanol–water partition coefficient (Wildman–Crippen LogP) is 6.90. The standard InChI is InChI=1S/C26H28Cl2F3NO3/c1-16(33)11-18(4-2-3-17-5-7-20(27)8-6-17)19-12-21(13-19)32-25(34)15-35-22-9-10-24(28)23(14-22)26(29,30)31/h5-10,14,18-19,21H,2-4,11-13,15H2,1H3,(H,32,34). The van der Waals surface area contributed by atoms with E-state index in [2.05, 4.69) is 5.32 Å². The molecule has 0 saturated heterocycles. The lowest BCUT2D eigenvalue weighted by Crippen LogP contribution is -2.48. The maximum Gasteiger partial charge on any atom is 0.417 e. The summed E-state index contributed by atoms with van der Waals surface area (Å²) in [5, 5.41) is 3.13. The molecule has 4 nitrogen and oxygen atoms in total. The van der Waals surface area contributed by atoms with Crippen LogP contribution in [0, 0.1) is 11.8 Å². The molecule has 9 heteroatoms. The van der Waals surface area contributed by atoms with Crippen molar-refractivity contribution in [3.8, 4) is 5.75 Å². The fourth-order valence-corrected chi connectivity index (χ4v) is 4.84. The van der Waals surface area contributed by atoms with Crippen molar-refractivity contribution in [2.45, 2.75) is 57.7 Å². The van der Waals surface area contributed by atoms with E-state index in [0.717, 1.165) is 44.2 Å². The average molecular weight is 530 g/mol. The van der Waals surface area contributed by atoms with Crippen molar-refractivity contribution in [1.29, 1.82) is 0 Å². The van der Waals surface area contributed by atoms with Gasteiger partial charge in [-0.25, -0.2) is 0 Å². The Morgan fingerprint density at radius 3 is 2.43 bits per heavy atom. The molecule has 35 heavy (non-hydrogen) atoms. The van der Waals surface area contributed by atoms with Gasteiger partial charge in [-0.1, -0.05) is 35.3 Å². The maximum atomic E-state index is 13.0. The molecule has 2 aromatic rings. The van der Waals surface area contributed by atoms with Crippen molar-refractivity contribution < 1.29 is 27.5 Å². The van der Waals surface area contributed by atoms with Crippen LogP contribution in [0.25, 0.3) is 0 Å². The highest BCUT2D eigenvalue weighted by atomic mass is 35.5. The van der Waals surface area contributed by atoms with Crippen LogP contribution in [-0.2, 0) is 22.2 Å². The van der Waals surface area contributed by atoms with E-state index in [4.69, 9.17) is 27.9 Å². The van der Waals surface area contributed by atoms with Crippen LogP contribution in [0.5, 0.6) is 5.75 Å². The van der Waals surface area contributed by atoms with E-state index in [0.29, 0.717) is 17.4 Å². The molecule has 0 bridgehead atoms. The molecule has 0 radical (unpaired) electrons. The molecule has 1 fully saturated rings. The summed E-state index contributed by atoms with van der Waals surface area (Å²) in [5.74, 6) is 0.289. The van der Waals surface area contributed by atoms with Crippen molar-refractivity contribution in [3.63, 3.8) is 0 Å². The first kappa shape index (κ1) is 27.3. The fourth-order valence-electron chi connectivity index (χ4n) is 4.49. The third-order valence-electron chi connectivity index (χ3n) is 6.32. The number of halogens is 5. The Kier molecular flexibility index (Phi) is 9.47. The second-order valence-corrected chi connectivity index (χ2v) is 9.95. The van der Waals surface area contributed by atoms with Crippen molar-refractivity contribution in [2.75, 3.05) is 6.61 Å². The van der Waals surface area contributed by atoms with Crippen LogP contribution >= 0.6 is 23.2 Å². The topological polar surface area (TPSA) is 55.4 Å². The van der Waals surface area contributed by atoms with Crippen LogP contribution in [0.1, 0.15) is 50.2 Å². The Balaban J connectivity index is 1.43. The Morgan fingerprint density at radius 2 is 1.80 bits per heavy atom. The second kappa shape index (κ2) is 12.1. The van der Waals surface area contributed by atoms with E-state index < -0.39 is 29.3 Å². The van der Waals surface area contributed by atoms with Crippen LogP contribution in [0.3, 0.4) is 0 Å². The first-order chi connectivity index (χ1) is 16.5. The molecule has 1 atom stereocenters. The highest BCUT2D eigenvalue weighted by molar-refractivity contribution is 6.31. The molecule has 3 rings (SSSR count). The molecule has 190 valence electrons. The number of nitrogens with one attached hydrogen (secondary N) is 1. The van der Waals surface area contributed by atoms with Crippen LogP contribution < -0.4 is 10.1 Å². The largest absolute Gasteiger partial charge is 0.484 e. The number of ketones is 1. The maximum absolute atomic E-state index is 13.0. The number of aryl methyl sites for hydroxylation is 1. The third kappa shape index (κ3) is 8.43. The summed E-state index contributed by atoms with van der Waals surface area (Å²) in [5.41, 5.74) is 0.198. The van der Waals surface area contributed by atoms with Gasteiger partial charge in [-0.2, -0.15) is 13.2 Å². The molecule has 1 unspecified atom stereocenters. The molecule has 1 N–H and O–H groups in total. The molecule has 0 spiro atoms. The van der Waals surface area contributed by atoms with E-state index >= 15 is 0 Å². The minimum Gasteiger partial charge on any atom is -0.484 e. The van der Waals surface area contributed by atoms with Crippen molar-refractivity contribution in [1.82, 2.24) is 5.32 Å². The van der Waals surface area contributed by atoms with Crippen molar-refractivity contribution in [2.24, 2.45) is 11.8 Å². The highest BCUT2D eigenvalue weighted by Crippen LogP contribution is 2.39. The lowest BCUT2D eigenvalue weighted by molar-refractivity contribution is -0.137. The minimum absolute atomic E-state index is 0.0298. The van der Waals surface area contributed by atoms with Crippen LogP contribution in [-0.4, -0.2) is 24.3 Å². The molecule has 1 aliphatic carbocycles. The molecule has 0 aliphatic heterocycles. The Hall–Kier alpha value is -2.25. The van der Waals surface area contributed by atoms with Gasteiger partial charge in [0.15, 0.2) is 6.61 Å². The van der Waals surface area contributed by atoms with Crippen LogP contribution in [0.4, 0.5) is 13.2 Å². The Bertz CT molecular complexity index is 1020. The van der Waals surface area contributed by atoms with Gasteiger partial charge in [0.25, 0.3) is 5.91 Å². The van der Waals surface area contributed by atoms with Gasteiger partial charge in [0.2, 0.25) is 0 Å². The Labute approximate surface area is 213 Å². The number of alkyl halides is 3. The zero-order valence-electron chi connectivity index (χ0n) is 19.3. The number of amides is 1. The number of ether oxygens (including phenoxy) is 1. The summed E-state index contributed by atoms with van der Waals surface area (Å²) >= 11 is 11.5. The molecule has 1 aliphatic rings. The molecular weight excluding hydrogens is 502 g/mol. The molecule has 2 aromatic carbocycles. The summed E-state index contributed by atoms with van der Waals surface area (Å²) in [6.07, 6.45) is 0.249. The summed E-state index contributed by atoms with van der Waals surface area (Å²) in [7, 11) is 0. The van der Waals surface area contributed by atoms with E-state index in [1.54, 1.807) is 6.92 Å². The quantitative estimate of drug-likeness (QED) is 0.344. The summed E-state index contributed by atoms with van der Waals surface area (Å²) in [6.45, 7) is 1.21. The van der Waals surface area contributed by atoms with Gasteiger partial charge < -0.3 is 14.8 Å². The van der Waals surface area contributed by atoms with Gasteiger partial charge in [-0.15, -0.1) is 0 Å². The van der Waals surface area contributed by atoms with Gasteiger partial charge in [0.05, 0.1) is 10.6 Å². The van der Waals surface area contributed by atoms with E-state index in [9.17, 15) is 22.8 Å². The van der Waals surface area contributed by atoms with Gasteiger partial charge >= 0.3 is 6.18 Å². The zero-order chi connectivity index (χ0) is 25.6. The molecule has 1 amide bonds. The number of carbonyl (C=O) groups excluding carboxylic acids is 2. The van der Waals surface area contributed by atoms with Gasteiger partial charge in [-0.3, -0.25) is 4.79 Å². The second-order valence-electron chi connectivity index (χ2n) is 9.11. The minimum atomic E-state index is -4.61. The van der Waals surface area contributed by atoms with Crippen molar-refractivity contribution in [3.05, 3.63) is 63.6 Å². The van der Waals surface area contributed by atoms with Gasteiger partial charge in [-0.05, 0) is 86.8 Å². The lowest BCUT2D eigenvalue weighted by Gasteiger charge is -2.40. The van der Waals surface area contributed by atoms with Crippen LogP contribution in [0.15, 0.2) is 42.5 Å². The van der Waals surface area contributed by atoms with Crippen molar-refractivity contribution >= 4 is 34.9 Å². The normalized spacial score (nSPS) is 18.5. The number of hydrogen-bond donors (Lipinski definition) is 1. The molecule has 1 saturated carbocycles. The first-order valence-electron chi connectivity index (χ1n) is 11.5. The first-order valence-corrected chi connectivity index (χ1v) is 12.3. The molecular formula is C26H28Cl2F3NO3. The predicted molar refractivity (Wildman–Crippen MR) is 130 cm³/mol. The number of benzene rings is 2.